The molecule has 24 heavy (non-hydrogen) atoms. The van der Waals surface area contributed by atoms with Gasteiger partial charge in [0.25, 0.3) is 0 Å². The van der Waals surface area contributed by atoms with E-state index in [1.807, 2.05) is 0 Å². The van der Waals surface area contributed by atoms with Crippen molar-refractivity contribution < 1.29 is 4.79 Å². The maximum absolute atomic E-state index is 12.3. The van der Waals surface area contributed by atoms with E-state index in [1.54, 1.807) is 18.2 Å². The lowest BCUT2D eigenvalue weighted by Gasteiger charge is -2.16. The Kier molecular flexibility index (Phi) is 3.69. The second-order valence-corrected chi connectivity index (χ2v) is 6.37. The average molecular weight is 321 g/mol. The molecule has 1 aliphatic rings. The molecular formula is C19H19N3O2. The number of nitrogens with one attached hydrogen (secondary N) is 3. The van der Waals surface area contributed by atoms with Gasteiger partial charge >= 0.3 is 5.69 Å². The normalized spacial score (nSPS) is 13.7. The predicted octanol–water partition coefficient (Wildman–Crippen LogP) is 2.92. The van der Waals surface area contributed by atoms with Gasteiger partial charge in [0.2, 0.25) is 5.91 Å². The van der Waals surface area contributed by atoms with Gasteiger partial charge in [0.1, 0.15) is 0 Å². The molecule has 0 radical (unpaired) electrons. The minimum Gasteiger partial charge on any atom is -0.326 e. The van der Waals surface area contributed by atoms with Crippen LogP contribution in [-0.2, 0) is 24.1 Å². The number of aromatic amines is 2. The van der Waals surface area contributed by atoms with Crippen molar-refractivity contribution in [3.05, 3.63) is 63.6 Å². The summed E-state index contributed by atoms with van der Waals surface area (Å²) in [6, 6.07) is 11.7. The Morgan fingerprint density at radius 1 is 0.958 bits per heavy atom. The van der Waals surface area contributed by atoms with Crippen LogP contribution in [0.4, 0.5) is 5.69 Å². The molecule has 1 heterocycles. The molecule has 2 aromatic carbocycles. The van der Waals surface area contributed by atoms with Crippen LogP contribution >= 0.6 is 0 Å². The van der Waals surface area contributed by atoms with Crippen molar-refractivity contribution in [1.29, 1.82) is 0 Å². The second kappa shape index (κ2) is 6.00. The number of hydrogen-bond acceptors (Lipinski definition) is 2. The summed E-state index contributed by atoms with van der Waals surface area (Å²) in [5, 5.41) is 2.90. The van der Waals surface area contributed by atoms with E-state index in [0.29, 0.717) is 17.6 Å². The molecule has 1 aliphatic carbocycles. The van der Waals surface area contributed by atoms with Crippen molar-refractivity contribution in [3.63, 3.8) is 0 Å². The molecule has 0 saturated carbocycles. The number of carbonyl (C=O) groups is 1. The number of aryl methyl sites for hydroxylation is 2. The number of anilines is 1. The highest BCUT2D eigenvalue weighted by Crippen LogP contribution is 2.22. The standard InChI is InChI=1S/C19H19N3O2/c23-18(10-12-5-6-13-3-1-2-4-14(13)9-12)20-15-7-8-16-17(11-15)22-19(24)21-16/h5-9,11H,1-4,10H2,(H,20,23)(H2,21,22,24). The molecule has 0 fully saturated rings. The van der Waals surface area contributed by atoms with Crippen LogP contribution < -0.4 is 11.0 Å². The third-order valence-electron chi connectivity index (χ3n) is 4.58. The van der Waals surface area contributed by atoms with E-state index in [4.69, 9.17) is 0 Å². The number of amides is 1. The molecule has 5 nitrogen and oxygen atoms in total. The Morgan fingerprint density at radius 2 is 1.75 bits per heavy atom. The van der Waals surface area contributed by atoms with E-state index in [0.717, 1.165) is 23.9 Å². The summed E-state index contributed by atoms with van der Waals surface area (Å²) in [5.74, 6) is -0.0528. The van der Waals surface area contributed by atoms with Crippen molar-refractivity contribution in [1.82, 2.24) is 9.97 Å². The lowest BCUT2D eigenvalue weighted by molar-refractivity contribution is -0.115. The lowest BCUT2D eigenvalue weighted by atomic mass is 9.90. The van der Waals surface area contributed by atoms with Gasteiger partial charge in [-0.2, -0.15) is 0 Å². The Labute approximate surface area is 139 Å². The first-order valence-corrected chi connectivity index (χ1v) is 8.30. The first-order chi connectivity index (χ1) is 11.7. The molecular weight excluding hydrogens is 302 g/mol. The molecule has 3 N–H and O–H groups in total. The third kappa shape index (κ3) is 2.97. The van der Waals surface area contributed by atoms with E-state index < -0.39 is 0 Å². The van der Waals surface area contributed by atoms with Gasteiger partial charge in [-0.25, -0.2) is 4.79 Å². The van der Waals surface area contributed by atoms with Gasteiger partial charge < -0.3 is 15.3 Å². The van der Waals surface area contributed by atoms with Crippen molar-refractivity contribution >= 4 is 22.6 Å². The number of carbonyl (C=O) groups excluding carboxylic acids is 1. The molecule has 0 saturated heterocycles. The van der Waals surface area contributed by atoms with E-state index in [9.17, 15) is 9.59 Å². The lowest BCUT2D eigenvalue weighted by Crippen LogP contribution is -2.15. The molecule has 0 unspecified atom stereocenters. The van der Waals surface area contributed by atoms with Crippen molar-refractivity contribution in [2.24, 2.45) is 0 Å². The van der Waals surface area contributed by atoms with Crippen molar-refractivity contribution in [2.75, 3.05) is 5.32 Å². The van der Waals surface area contributed by atoms with Gasteiger partial charge in [-0.05, 0) is 60.6 Å². The minimum absolute atomic E-state index is 0.0528. The maximum Gasteiger partial charge on any atom is 0.323 e. The van der Waals surface area contributed by atoms with Crippen LogP contribution in [0.15, 0.2) is 41.2 Å². The van der Waals surface area contributed by atoms with Crippen LogP contribution in [0.25, 0.3) is 11.0 Å². The molecule has 1 amide bonds. The number of benzene rings is 2. The number of aromatic nitrogens is 2. The smallest absolute Gasteiger partial charge is 0.323 e. The minimum atomic E-state index is -0.248. The van der Waals surface area contributed by atoms with Gasteiger partial charge in [-0.1, -0.05) is 18.2 Å². The number of imidazole rings is 1. The van der Waals surface area contributed by atoms with E-state index in [2.05, 4.69) is 33.5 Å². The molecule has 3 aromatic rings. The van der Waals surface area contributed by atoms with Crippen molar-refractivity contribution in [3.8, 4) is 0 Å². The maximum atomic E-state index is 12.3. The van der Waals surface area contributed by atoms with Crippen LogP contribution in [-0.4, -0.2) is 15.9 Å². The second-order valence-electron chi connectivity index (χ2n) is 6.37. The van der Waals surface area contributed by atoms with E-state index in [1.165, 1.54) is 24.0 Å². The van der Waals surface area contributed by atoms with Crippen LogP contribution in [0.3, 0.4) is 0 Å². The highest BCUT2D eigenvalue weighted by molar-refractivity contribution is 5.94. The summed E-state index contributed by atoms with van der Waals surface area (Å²) in [7, 11) is 0. The van der Waals surface area contributed by atoms with E-state index in [-0.39, 0.29) is 11.6 Å². The molecule has 0 bridgehead atoms. The van der Waals surface area contributed by atoms with E-state index >= 15 is 0 Å². The highest BCUT2D eigenvalue weighted by atomic mass is 16.1. The summed E-state index contributed by atoms with van der Waals surface area (Å²) in [6.45, 7) is 0. The van der Waals surface area contributed by atoms with Gasteiger partial charge in [0.15, 0.2) is 0 Å². The van der Waals surface area contributed by atoms with Crippen LogP contribution in [0.2, 0.25) is 0 Å². The summed E-state index contributed by atoms with van der Waals surface area (Å²) in [5.41, 5.74) is 5.71. The van der Waals surface area contributed by atoms with Crippen LogP contribution in [0, 0.1) is 0 Å². The number of rotatable bonds is 3. The number of fused-ring (bicyclic) bond motifs is 2. The molecule has 0 spiro atoms. The van der Waals surface area contributed by atoms with Gasteiger partial charge in [0, 0.05) is 5.69 Å². The van der Waals surface area contributed by atoms with Crippen LogP contribution in [0.5, 0.6) is 0 Å². The molecule has 1 aromatic heterocycles. The summed E-state index contributed by atoms with van der Waals surface area (Å²) in [4.78, 5) is 29.0. The van der Waals surface area contributed by atoms with Gasteiger partial charge in [-0.15, -0.1) is 0 Å². The fraction of sp³-hybridized carbons (Fsp3) is 0.263. The SMILES string of the molecule is O=C(Cc1ccc2c(c1)CCCC2)Nc1ccc2[nH]c(=O)[nH]c2c1. The van der Waals surface area contributed by atoms with Gasteiger partial charge in [-0.3, -0.25) is 4.79 Å². The average Bonchev–Trinajstić information content (AvgIpc) is 2.94. The Morgan fingerprint density at radius 3 is 2.62 bits per heavy atom. The first-order valence-electron chi connectivity index (χ1n) is 8.30. The summed E-state index contributed by atoms with van der Waals surface area (Å²) >= 11 is 0. The molecule has 4 rings (SSSR count). The number of hydrogen-bond donors (Lipinski definition) is 3. The number of H-pyrrole nitrogens is 2. The molecule has 122 valence electrons. The quantitative estimate of drug-likeness (QED) is 0.693. The van der Waals surface area contributed by atoms with Crippen molar-refractivity contribution in [2.45, 2.75) is 32.1 Å². The zero-order chi connectivity index (χ0) is 16.5. The Hall–Kier alpha value is -2.82. The zero-order valence-corrected chi connectivity index (χ0v) is 13.3. The molecule has 5 heteroatoms. The van der Waals surface area contributed by atoms with Crippen LogP contribution in [0.1, 0.15) is 29.5 Å². The summed E-state index contributed by atoms with van der Waals surface area (Å²) < 4.78 is 0. The molecule has 0 aliphatic heterocycles. The fourth-order valence-electron chi connectivity index (χ4n) is 3.40. The Balaban J connectivity index is 1.48. The molecule has 0 atom stereocenters. The predicted molar refractivity (Wildman–Crippen MR) is 94.3 cm³/mol. The first kappa shape index (κ1) is 14.8. The summed E-state index contributed by atoms with van der Waals surface area (Å²) in [6.07, 6.45) is 5.11. The van der Waals surface area contributed by atoms with Gasteiger partial charge in [0.05, 0.1) is 17.5 Å². The zero-order valence-electron chi connectivity index (χ0n) is 13.3. The monoisotopic (exact) mass is 321 g/mol. The topological polar surface area (TPSA) is 77.8 Å². The highest BCUT2D eigenvalue weighted by Gasteiger charge is 2.11. The largest absolute Gasteiger partial charge is 0.326 e. The third-order valence-corrected chi connectivity index (χ3v) is 4.58. The fourth-order valence-corrected chi connectivity index (χ4v) is 3.40. The Bertz CT molecular complexity index is 968.